The van der Waals surface area contributed by atoms with Crippen LogP contribution in [0.2, 0.25) is 18.1 Å². The van der Waals surface area contributed by atoms with E-state index in [1.807, 2.05) is 0 Å². The molecule has 0 aromatic heterocycles. The molecule has 0 spiro atoms. The maximum absolute atomic E-state index is 12.0. The van der Waals surface area contributed by atoms with Crippen LogP contribution in [0.25, 0.3) is 0 Å². The second-order valence-electron chi connectivity index (χ2n) is 6.76. The maximum atomic E-state index is 12.0. The molecule has 0 aliphatic rings. The number of esters is 1. The summed E-state index contributed by atoms with van der Waals surface area (Å²) in [7, 11) is -0.686. The molecule has 21 heavy (non-hydrogen) atoms. The third-order valence-corrected chi connectivity index (χ3v) is 8.55. The quantitative estimate of drug-likeness (QED) is 0.668. The first-order valence-corrected chi connectivity index (χ1v) is 10.0. The molecule has 5 heteroatoms. The van der Waals surface area contributed by atoms with Crippen LogP contribution in [-0.2, 0) is 20.4 Å². The Morgan fingerprint density at radius 1 is 1.24 bits per heavy atom. The fourth-order valence-electron chi connectivity index (χ4n) is 1.68. The summed E-state index contributed by atoms with van der Waals surface area (Å²) in [5, 5.41) is 9.35. The summed E-state index contributed by atoms with van der Waals surface area (Å²) >= 11 is 0. The Morgan fingerprint density at radius 2 is 1.76 bits per heavy atom. The van der Waals surface area contributed by atoms with E-state index in [0.29, 0.717) is 6.42 Å². The molecule has 0 fully saturated rings. The molecule has 1 atom stereocenters. The summed E-state index contributed by atoms with van der Waals surface area (Å²) in [4.78, 5) is 12.0. The molecule has 0 amide bonds. The molecule has 118 valence electrons. The minimum atomic E-state index is -2.06. The van der Waals surface area contributed by atoms with E-state index >= 15 is 0 Å². The van der Waals surface area contributed by atoms with E-state index in [1.54, 1.807) is 24.3 Å². The fourth-order valence-corrected chi connectivity index (χ4v) is 2.93. The lowest BCUT2D eigenvalue weighted by Gasteiger charge is -2.38. The number of phenolic OH excluding ortho intramolecular Hbond substituents is 1. The lowest BCUT2D eigenvalue weighted by molar-refractivity contribution is -0.149. The summed E-state index contributed by atoms with van der Waals surface area (Å²) in [5.74, 6) is -0.147. The first kappa shape index (κ1) is 17.7. The highest BCUT2D eigenvalue weighted by atomic mass is 28.4. The normalized spacial score (nSPS) is 13.8. The van der Waals surface area contributed by atoms with E-state index in [0.717, 1.165) is 5.56 Å². The molecule has 4 nitrogen and oxygen atoms in total. The highest BCUT2D eigenvalue weighted by Gasteiger charge is 2.41. The summed E-state index contributed by atoms with van der Waals surface area (Å²) < 4.78 is 11.1. The lowest BCUT2D eigenvalue weighted by atomic mass is 10.1. The molecular formula is C16H26O4Si. The second kappa shape index (κ2) is 6.62. The zero-order chi connectivity index (χ0) is 16.3. The molecule has 1 aromatic carbocycles. The number of rotatable bonds is 5. The Bertz CT molecular complexity index is 474. The number of carbonyl (C=O) groups excluding carboxylic acids is 1. The van der Waals surface area contributed by atoms with Gasteiger partial charge in [0.05, 0.1) is 7.11 Å². The average molecular weight is 310 g/mol. The van der Waals surface area contributed by atoms with Crippen molar-refractivity contribution in [1.82, 2.24) is 0 Å². The Kier molecular flexibility index (Phi) is 5.59. The van der Waals surface area contributed by atoms with Gasteiger partial charge in [-0.05, 0) is 35.8 Å². The lowest BCUT2D eigenvalue weighted by Crippen LogP contribution is -2.47. The number of aromatic hydroxyl groups is 1. The zero-order valence-corrected chi connectivity index (χ0v) is 14.8. The van der Waals surface area contributed by atoms with Gasteiger partial charge in [0.2, 0.25) is 0 Å². The van der Waals surface area contributed by atoms with Gasteiger partial charge in [-0.3, -0.25) is 0 Å². The van der Waals surface area contributed by atoms with Crippen LogP contribution in [0.15, 0.2) is 24.3 Å². The summed E-state index contributed by atoms with van der Waals surface area (Å²) in [6.45, 7) is 10.6. The van der Waals surface area contributed by atoms with Crippen LogP contribution in [0, 0.1) is 0 Å². The van der Waals surface area contributed by atoms with Crippen LogP contribution in [0.1, 0.15) is 26.3 Å². The Hall–Kier alpha value is -1.33. The van der Waals surface area contributed by atoms with Crippen molar-refractivity contribution in [2.24, 2.45) is 0 Å². The van der Waals surface area contributed by atoms with Gasteiger partial charge >= 0.3 is 5.97 Å². The predicted molar refractivity (Wildman–Crippen MR) is 85.9 cm³/mol. The molecule has 0 heterocycles. The molecule has 0 saturated carbocycles. The Balaban J connectivity index is 2.91. The number of methoxy groups -OCH3 is 1. The van der Waals surface area contributed by atoms with Crippen LogP contribution >= 0.6 is 0 Å². The standard InChI is InChI=1S/C16H26O4Si/c1-16(2,3)21(5,6)20-14(15(18)19-4)11-12-7-9-13(17)10-8-12/h7-10,14,17H,11H2,1-6H3. The van der Waals surface area contributed by atoms with Crippen molar-refractivity contribution in [3.63, 3.8) is 0 Å². The summed E-state index contributed by atoms with van der Waals surface area (Å²) in [5.41, 5.74) is 0.932. The van der Waals surface area contributed by atoms with E-state index in [9.17, 15) is 9.90 Å². The van der Waals surface area contributed by atoms with Crippen molar-refractivity contribution >= 4 is 14.3 Å². The number of phenols is 1. The Labute approximate surface area is 128 Å². The third kappa shape index (κ3) is 4.86. The number of ether oxygens (including phenoxy) is 1. The van der Waals surface area contributed by atoms with Crippen molar-refractivity contribution in [1.29, 1.82) is 0 Å². The maximum Gasteiger partial charge on any atom is 0.334 e. The van der Waals surface area contributed by atoms with E-state index in [2.05, 4.69) is 33.9 Å². The summed E-state index contributed by atoms with van der Waals surface area (Å²) in [6, 6.07) is 6.80. The topological polar surface area (TPSA) is 55.8 Å². The smallest absolute Gasteiger partial charge is 0.334 e. The van der Waals surface area contributed by atoms with Gasteiger partial charge in [-0.2, -0.15) is 0 Å². The van der Waals surface area contributed by atoms with E-state index in [-0.39, 0.29) is 16.8 Å². The molecule has 1 unspecified atom stereocenters. The Morgan fingerprint density at radius 3 is 2.19 bits per heavy atom. The highest BCUT2D eigenvalue weighted by Crippen LogP contribution is 2.37. The minimum Gasteiger partial charge on any atom is -0.508 e. The molecule has 1 rings (SSSR count). The van der Waals surface area contributed by atoms with Gasteiger partial charge in [-0.1, -0.05) is 32.9 Å². The molecular weight excluding hydrogens is 284 g/mol. The van der Waals surface area contributed by atoms with E-state index in [4.69, 9.17) is 9.16 Å². The molecule has 0 bridgehead atoms. The highest BCUT2D eigenvalue weighted by molar-refractivity contribution is 6.74. The molecule has 0 radical (unpaired) electrons. The van der Waals surface area contributed by atoms with Crippen LogP contribution in [0.4, 0.5) is 0 Å². The number of hydrogen-bond acceptors (Lipinski definition) is 4. The predicted octanol–water partition coefficient (Wildman–Crippen LogP) is 3.50. The van der Waals surface area contributed by atoms with Gasteiger partial charge in [-0.25, -0.2) is 4.79 Å². The number of hydrogen-bond donors (Lipinski definition) is 1. The largest absolute Gasteiger partial charge is 0.508 e. The molecule has 0 saturated heterocycles. The molecule has 1 aromatic rings. The van der Waals surface area contributed by atoms with Crippen molar-refractivity contribution < 1.29 is 19.1 Å². The van der Waals surface area contributed by atoms with Gasteiger partial charge < -0.3 is 14.3 Å². The molecule has 0 aliphatic carbocycles. The third-order valence-electron chi connectivity index (χ3n) is 4.06. The van der Waals surface area contributed by atoms with Crippen molar-refractivity contribution in [3.8, 4) is 5.75 Å². The zero-order valence-electron chi connectivity index (χ0n) is 13.8. The monoisotopic (exact) mass is 310 g/mol. The number of benzene rings is 1. The van der Waals surface area contributed by atoms with Crippen molar-refractivity contribution in [2.45, 2.75) is 51.4 Å². The number of carbonyl (C=O) groups is 1. The van der Waals surface area contributed by atoms with Crippen LogP contribution in [-0.4, -0.2) is 32.6 Å². The van der Waals surface area contributed by atoms with E-state index in [1.165, 1.54) is 7.11 Å². The molecule has 0 aliphatic heterocycles. The first-order valence-electron chi connectivity index (χ1n) is 7.10. The second-order valence-corrected chi connectivity index (χ2v) is 11.5. The SMILES string of the molecule is COC(=O)C(Cc1ccc(O)cc1)O[Si](C)(C)C(C)(C)C. The van der Waals surface area contributed by atoms with Crippen molar-refractivity contribution in [3.05, 3.63) is 29.8 Å². The van der Waals surface area contributed by atoms with Gasteiger partial charge in [0.25, 0.3) is 0 Å². The minimum absolute atomic E-state index is 0.0221. The van der Waals surface area contributed by atoms with Crippen LogP contribution in [0.5, 0.6) is 5.75 Å². The van der Waals surface area contributed by atoms with Gasteiger partial charge in [0, 0.05) is 6.42 Å². The van der Waals surface area contributed by atoms with Gasteiger partial charge in [0.1, 0.15) is 11.9 Å². The van der Waals surface area contributed by atoms with Crippen LogP contribution < -0.4 is 0 Å². The summed E-state index contributed by atoms with van der Waals surface area (Å²) in [6.07, 6.45) is -0.167. The molecule has 1 N–H and O–H groups in total. The first-order chi connectivity index (χ1) is 9.56. The van der Waals surface area contributed by atoms with E-state index < -0.39 is 14.4 Å². The average Bonchev–Trinajstić information content (AvgIpc) is 2.38. The fraction of sp³-hybridized carbons (Fsp3) is 0.562. The van der Waals surface area contributed by atoms with Crippen LogP contribution in [0.3, 0.4) is 0 Å². The van der Waals surface area contributed by atoms with Gasteiger partial charge in [0.15, 0.2) is 8.32 Å². The van der Waals surface area contributed by atoms with Gasteiger partial charge in [-0.15, -0.1) is 0 Å². The van der Waals surface area contributed by atoms with Crippen molar-refractivity contribution in [2.75, 3.05) is 7.11 Å².